The van der Waals surface area contributed by atoms with Crippen molar-refractivity contribution in [1.29, 1.82) is 0 Å². The first-order chi connectivity index (χ1) is 6.49. The van der Waals surface area contributed by atoms with Crippen molar-refractivity contribution in [3.63, 3.8) is 0 Å². The topological polar surface area (TPSA) is 68.5 Å². The second-order valence-electron chi connectivity index (χ2n) is 2.58. The van der Waals surface area contributed by atoms with Gasteiger partial charge >= 0.3 is 5.97 Å². The quantitative estimate of drug-likeness (QED) is 0.802. The maximum Gasteiger partial charge on any atom is 0.339 e. The van der Waals surface area contributed by atoms with E-state index in [1.807, 2.05) is 0 Å². The number of aromatic nitrogens is 1. The zero-order valence-corrected chi connectivity index (χ0v) is 9.16. The lowest BCUT2D eigenvalue weighted by Crippen LogP contribution is -2.22. The first kappa shape index (κ1) is 10.8. The van der Waals surface area contributed by atoms with Crippen molar-refractivity contribution in [3.05, 3.63) is 26.6 Å². The number of aromatic carboxylic acids is 1. The lowest BCUT2D eigenvalue weighted by atomic mass is 10.2. The Morgan fingerprint density at radius 1 is 1.64 bits per heavy atom. The van der Waals surface area contributed by atoms with Crippen molar-refractivity contribution in [3.8, 4) is 5.75 Å². The summed E-state index contributed by atoms with van der Waals surface area (Å²) >= 11 is 3.07. The molecule has 0 atom stereocenters. The third-order valence-corrected chi connectivity index (χ3v) is 2.52. The molecule has 76 valence electrons. The van der Waals surface area contributed by atoms with Gasteiger partial charge in [-0.05, 0) is 22.0 Å². The molecule has 1 N–H and O–H groups in total. The lowest BCUT2D eigenvalue weighted by molar-refractivity contribution is 0.0692. The van der Waals surface area contributed by atoms with Gasteiger partial charge in [0.1, 0.15) is 5.56 Å². The van der Waals surface area contributed by atoms with Gasteiger partial charge in [0.15, 0.2) is 5.75 Å². The van der Waals surface area contributed by atoms with Gasteiger partial charge in [0.25, 0.3) is 5.56 Å². The fourth-order valence-corrected chi connectivity index (χ4v) is 1.39. The van der Waals surface area contributed by atoms with Crippen LogP contribution in [-0.4, -0.2) is 22.8 Å². The summed E-state index contributed by atoms with van der Waals surface area (Å²) in [6.45, 7) is 0. The Hall–Kier alpha value is -1.30. The molecule has 6 heteroatoms. The summed E-state index contributed by atoms with van der Waals surface area (Å²) in [5.41, 5.74) is -0.637. The van der Waals surface area contributed by atoms with Gasteiger partial charge < -0.3 is 14.4 Å². The number of nitrogens with zero attached hydrogens (tertiary/aromatic N) is 1. The summed E-state index contributed by atoms with van der Waals surface area (Å²) in [5.74, 6) is -1.36. The van der Waals surface area contributed by atoms with Crippen molar-refractivity contribution in [1.82, 2.24) is 4.57 Å². The molecule has 0 saturated heterocycles. The number of halogens is 1. The first-order valence-corrected chi connectivity index (χ1v) is 4.45. The summed E-state index contributed by atoms with van der Waals surface area (Å²) in [6.07, 6.45) is 0. The summed E-state index contributed by atoms with van der Waals surface area (Å²) in [6, 6.07) is 1.32. The number of pyridine rings is 1. The fraction of sp³-hybridized carbons (Fsp3) is 0.250. The number of carboxylic acids is 1. The molecule has 1 aromatic heterocycles. The largest absolute Gasteiger partial charge is 0.490 e. The van der Waals surface area contributed by atoms with Gasteiger partial charge in [0, 0.05) is 7.05 Å². The average Bonchev–Trinajstić information content (AvgIpc) is 2.13. The highest BCUT2D eigenvalue weighted by molar-refractivity contribution is 9.10. The van der Waals surface area contributed by atoms with Crippen molar-refractivity contribution < 1.29 is 14.6 Å². The van der Waals surface area contributed by atoms with E-state index in [-0.39, 0.29) is 11.3 Å². The van der Waals surface area contributed by atoms with Crippen molar-refractivity contribution in [2.45, 2.75) is 0 Å². The van der Waals surface area contributed by atoms with E-state index >= 15 is 0 Å². The van der Waals surface area contributed by atoms with Crippen molar-refractivity contribution in [2.24, 2.45) is 7.05 Å². The van der Waals surface area contributed by atoms with E-state index in [0.29, 0.717) is 4.60 Å². The molecule has 1 aromatic rings. The Balaban J connectivity index is 3.60. The molecule has 0 aromatic carbocycles. The Morgan fingerprint density at radius 2 is 2.21 bits per heavy atom. The highest BCUT2D eigenvalue weighted by Gasteiger charge is 2.17. The summed E-state index contributed by atoms with van der Waals surface area (Å²) < 4.78 is 6.38. The maximum absolute atomic E-state index is 11.5. The van der Waals surface area contributed by atoms with Crippen LogP contribution in [0.1, 0.15) is 10.4 Å². The predicted molar refractivity (Wildman–Crippen MR) is 52.9 cm³/mol. The van der Waals surface area contributed by atoms with Crippen LogP contribution >= 0.6 is 15.9 Å². The second-order valence-corrected chi connectivity index (χ2v) is 3.40. The molecular formula is C8H8BrNO4. The van der Waals surface area contributed by atoms with Gasteiger partial charge in [-0.1, -0.05) is 0 Å². The molecule has 0 radical (unpaired) electrons. The molecule has 1 heterocycles. The minimum atomic E-state index is -1.19. The molecule has 14 heavy (non-hydrogen) atoms. The summed E-state index contributed by atoms with van der Waals surface area (Å²) in [7, 11) is 2.78. The summed E-state index contributed by atoms with van der Waals surface area (Å²) in [5, 5.41) is 8.79. The Kier molecular flexibility index (Phi) is 2.95. The molecule has 0 unspecified atom stereocenters. The van der Waals surface area contributed by atoms with Crippen LogP contribution in [0.25, 0.3) is 0 Å². The van der Waals surface area contributed by atoms with Crippen LogP contribution in [0.4, 0.5) is 0 Å². The van der Waals surface area contributed by atoms with E-state index in [4.69, 9.17) is 9.84 Å². The fourth-order valence-electron chi connectivity index (χ4n) is 1.00. The van der Waals surface area contributed by atoms with Gasteiger partial charge in [-0.15, -0.1) is 0 Å². The molecule has 0 fully saturated rings. The van der Waals surface area contributed by atoms with Crippen LogP contribution in [0.5, 0.6) is 5.75 Å². The Morgan fingerprint density at radius 3 is 2.64 bits per heavy atom. The highest BCUT2D eigenvalue weighted by Crippen LogP contribution is 2.17. The standard InChI is InChI=1S/C8H8BrNO4/c1-10-5(9)3-4(8(12)13)6(14-2)7(10)11/h3H,1-2H3,(H,12,13). The van der Waals surface area contributed by atoms with Crippen LogP contribution in [0.15, 0.2) is 15.5 Å². The number of carbonyl (C=O) groups is 1. The van der Waals surface area contributed by atoms with E-state index in [0.717, 1.165) is 0 Å². The highest BCUT2D eigenvalue weighted by atomic mass is 79.9. The number of ether oxygens (including phenoxy) is 1. The predicted octanol–water partition coefficient (Wildman–Crippen LogP) is 0.855. The molecule has 1 rings (SSSR count). The van der Waals surface area contributed by atoms with Crippen molar-refractivity contribution in [2.75, 3.05) is 7.11 Å². The molecule has 0 aliphatic carbocycles. The molecular weight excluding hydrogens is 254 g/mol. The van der Waals surface area contributed by atoms with E-state index in [2.05, 4.69) is 15.9 Å². The Bertz CT molecular complexity index is 438. The van der Waals surface area contributed by atoms with E-state index in [9.17, 15) is 9.59 Å². The average molecular weight is 262 g/mol. The van der Waals surface area contributed by atoms with Crippen LogP contribution < -0.4 is 10.3 Å². The van der Waals surface area contributed by atoms with Gasteiger partial charge in [-0.2, -0.15) is 0 Å². The first-order valence-electron chi connectivity index (χ1n) is 3.65. The molecule has 0 aliphatic heterocycles. The number of carboxylic acid groups (broad SMARTS) is 1. The minimum absolute atomic E-state index is 0.150. The van der Waals surface area contributed by atoms with Crippen LogP contribution in [0, 0.1) is 0 Å². The van der Waals surface area contributed by atoms with E-state index in [1.54, 1.807) is 0 Å². The SMILES string of the molecule is COc1c(C(=O)O)cc(Br)n(C)c1=O. The molecule has 0 saturated carbocycles. The zero-order valence-electron chi connectivity index (χ0n) is 7.57. The van der Waals surface area contributed by atoms with E-state index < -0.39 is 11.5 Å². The van der Waals surface area contributed by atoms with Crippen LogP contribution in [0.3, 0.4) is 0 Å². The van der Waals surface area contributed by atoms with Gasteiger partial charge in [0.05, 0.1) is 11.7 Å². The number of hydrogen-bond donors (Lipinski definition) is 1. The third-order valence-electron chi connectivity index (χ3n) is 1.76. The van der Waals surface area contributed by atoms with Crippen LogP contribution in [-0.2, 0) is 7.05 Å². The third kappa shape index (κ3) is 1.65. The normalized spacial score (nSPS) is 9.93. The Labute approximate surface area is 88.1 Å². The van der Waals surface area contributed by atoms with Gasteiger partial charge in [-0.3, -0.25) is 4.79 Å². The molecule has 0 aliphatic rings. The van der Waals surface area contributed by atoms with Gasteiger partial charge in [-0.25, -0.2) is 4.79 Å². The molecule has 0 amide bonds. The number of rotatable bonds is 2. The smallest absolute Gasteiger partial charge is 0.339 e. The van der Waals surface area contributed by atoms with Crippen molar-refractivity contribution >= 4 is 21.9 Å². The minimum Gasteiger partial charge on any atom is -0.490 e. The van der Waals surface area contributed by atoms with E-state index in [1.165, 1.54) is 24.8 Å². The lowest BCUT2D eigenvalue weighted by Gasteiger charge is -2.07. The number of hydrogen-bond acceptors (Lipinski definition) is 3. The second kappa shape index (κ2) is 3.83. The maximum atomic E-state index is 11.5. The monoisotopic (exact) mass is 261 g/mol. The summed E-state index contributed by atoms with van der Waals surface area (Å²) in [4.78, 5) is 22.2. The van der Waals surface area contributed by atoms with Crippen LogP contribution in [0.2, 0.25) is 0 Å². The van der Waals surface area contributed by atoms with Gasteiger partial charge in [0.2, 0.25) is 0 Å². The number of methoxy groups -OCH3 is 1. The molecule has 0 bridgehead atoms. The zero-order chi connectivity index (χ0) is 10.9. The molecule has 5 nitrogen and oxygen atoms in total. The molecule has 0 spiro atoms.